The molecule has 100 valence electrons. The summed E-state index contributed by atoms with van der Waals surface area (Å²) in [5.74, 6) is -1.41. The molecular formula is C13H12ClFN2O2. The summed E-state index contributed by atoms with van der Waals surface area (Å²) in [5, 5.41) is 13.4. The van der Waals surface area contributed by atoms with Crippen LogP contribution in [0.1, 0.15) is 28.5 Å². The third-order valence-electron chi connectivity index (χ3n) is 2.76. The number of carboxylic acid groups (broad SMARTS) is 1. The number of benzene rings is 1. The van der Waals surface area contributed by atoms with E-state index in [9.17, 15) is 9.18 Å². The van der Waals surface area contributed by atoms with Crippen LogP contribution in [0.4, 0.5) is 4.39 Å². The Morgan fingerprint density at radius 1 is 1.42 bits per heavy atom. The van der Waals surface area contributed by atoms with Gasteiger partial charge in [-0.15, -0.1) is 0 Å². The molecule has 0 spiro atoms. The van der Waals surface area contributed by atoms with Gasteiger partial charge in [0.15, 0.2) is 0 Å². The van der Waals surface area contributed by atoms with Crippen molar-refractivity contribution in [2.75, 3.05) is 0 Å². The number of aromatic carboxylic acids is 1. The van der Waals surface area contributed by atoms with Crippen LogP contribution in [0.15, 0.2) is 24.3 Å². The molecule has 1 heterocycles. The summed E-state index contributed by atoms with van der Waals surface area (Å²) in [6, 6.07) is 5.90. The minimum atomic E-state index is -1.09. The van der Waals surface area contributed by atoms with Gasteiger partial charge in [0.2, 0.25) is 0 Å². The molecular weight excluding hydrogens is 271 g/mol. The maximum atomic E-state index is 12.8. The Bertz CT molecular complexity index is 608. The van der Waals surface area contributed by atoms with E-state index in [0.717, 1.165) is 5.56 Å². The molecule has 0 saturated carbocycles. The van der Waals surface area contributed by atoms with E-state index in [4.69, 9.17) is 16.7 Å². The molecule has 19 heavy (non-hydrogen) atoms. The smallest absolute Gasteiger partial charge is 0.340 e. The first-order valence-corrected chi connectivity index (χ1v) is 6.13. The second kappa shape index (κ2) is 5.40. The Kier molecular flexibility index (Phi) is 3.85. The minimum absolute atomic E-state index is 0.0336. The summed E-state index contributed by atoms with van der Waals surface area (Å²) < 4.78 is 14.2. The highest BCUT2D eigenvalue weighted by Crippen LogP contribution is 2.21. The fourth-order valence-electron chi connectivity index (χ4n) is 1.81. The van der Waals surface area contributed by atoms with Crippen LogP contribution >= 0.6 is 11.6 Å². The highest BCUT2D eigenvalue weighted by Gasteiger charge is 2.20. The van der Waals surface area contributed by atoms with Gasteiger partial charge in [-0.2, -0.15) is 5.10 Å². The number of halogens is 2. The van der Waals surface area contributed by atoms with Crippen molar-refractivity contribution < 1.29 is 14.3 Å². The topological polar surface area (TPSA) is 55.1 Å². The van der Waals surface area contributed by atoms with E-state index < -0.39 is 5.97 Å². The average Bonchev–Trinajstić information content (AvgIpc) is 2.69. The Balaban J connectivity index is 2.35. The number of aryl methyl sites for hydroxylation is 1. The minimum Gasteiger partial charge on any atom is -0.478 e. The molecule has 0 amide bonds. The van der Waals surface area contributed by atoms with Crippen LogP contribution < -0.4 is 0 Å². The number of nitrogens with zero attached hydrogens (tertiary/aromatic N) is 2. The lowest BCUT2D eigenvalue weighted by molar-refractivity contribution is 0.0696. The largest absolute Gasteiger partial charge is 0.478 e. The van der Waals surface area contributed by atoms with E-state index in [1.807, 2.05) is 6.92 Å². The standard InChI is InChI=1S/C13H12ClFN2O2/c1-2-10-11(13(18)19)12(14)17(16-10)7-8-3-5-9(15)6-4-8/h3-6H,2,7H2,1H3,(H,18,19). The van der Waals surface area contributed by atoms with Crippen LogP contribution in [0, 0.1) is 5.82 Å². The molecule has 2 aromatic rings. The van der Waals surface area contributed by atoms with Gasteiger partial charge >= 0.3 is 5.97 Å². The zero-order valence-corrected chi connectivity index (χ0v) is 11.0. The molecule has 0 saturated heterocycles. The normalized spacial score (nSPS) is 10.7. The summed E-state index contributed by atoms with van der Waals surface area (Å²) in [4.78, 5) is 11.1. The predicted molar refractivity (Wildman–Crippen MR) is 69.1 cm³/mol. The molecule has 6 heteroatoms. The van der Waals surface area contributed by atoms with Crippen LogP contribution in [-0.2, 0) is 13.0 Å². The van der Waals surface area contributed by atoms with Crippen molar-refractivity contribution in [3.63, 3.8) is 0 Å². The number of hydrogen-bond donors (Lipinski definition) is 1. The van der Waals surface area contributed by atoms with Gasteiger partial charge in [-0.25, -0.2) is 13.9 Å². The van der Waals surface area contributed by atoms with Gasteiger partial charge in [0.1, 0.15) is 16.5 Å². The predicted octanol–water partition coefficient (Wildman–Crippen LogP) is 2.98. The molecule has 0 bridgehead atoms. The van der Waals surface area contributed by atoms with E-state index in [2.05, 4.69) is 5.10 Å². The third kappa shape index (κ3) is 2.76. The van der Waals surface area contributed by atoms with Crippen LogP contribution in [-0.4, -0.2) is 20.9 Å². The van der Waals surface area contributed by atoms with Crippen molar-refractivity contribution in [2.24, 2.45) is 0 Å². The Morgan fingerprint density at radius 3 is 2.53 bits per heavy atom. The highest BCUT2D eigenvalue weighted by molar-refractivity contribution is 6.32. The molecule has 0 aliphatic rings. The van der Waals surface area contributed by atoms with Crippen molar-refractivity contribution in [1.29, 1.82) is 0 Å². The van der Waals surface area contributed by atoms with Gasteiger partial charge < -0.3 is 5.11 Å². The Labute approximate surface area is 114 Å². The first kappa shape index (κ1) is 13.5. The summed E-state index contributed by atoms with van der Waals surface area (Å²) in [7, 11) is 0. The Morgan fingerprint density at radius 2 is 2.05 bits per heavy atom. The second-order valence-electron chi connectivity index (χ2n) is 4.06. The lowest BCUT2D eigenvalue weighted by Crippen LogP contribution is -2.03. The van der Waals surface area contributed by atoms with Gasteiger partial charge in [0.25, 0.3) is 0 Å². The molecule has 1 aromatic carbocycles. The molecule has 0 atom stereocenters. The molecule has 1 N–H and O–H groups in total. The molecule has 0 fully saturated rings. The molecule has 2 rings (SSSR count). The zero-order chi connectivity index (χ0) is 14.0. The summed E-state index contributed by atoms with van der Waals surface area (Å²) in [6.07, 6.45) is 0.484. The lowest BCUT2D eigenvalue weighted by Gasteiger charge is -2.03. The van der Waals surface area contributed by atoms with Crippen molar-refractivity contribution in [2.45, 2.75) is 19.9 Å². The maximum absolute atomic E-state index is 12.8. The van der Waals surface area contributed by atoms with Gasteiger partial charge in [-0.05, 0) is 24.1 Å². The molecule has 0 radical (unpaired) electrons. The van der Waals surface area contributed by atoms with Crippen LogP contribution in [0.5, 0.6) is 0 Å². The van der Waals surface area contributed by atoms with Gasteiger partial charge in [0, 0.05) is 0 Å². The van der Waals surface area contributed by atoms with E-state index in [0.29, 0.717) is 18.7 Å². The molecule has 0 aliphatic carbocycles. The molecule has 1 aromatic heterocycles. The number of aromatic nitrogens is 2. The van der Waals surface area contributed by atoms with Gasteiger partial charge in [-0.3, -0.25) is 0 Å². The average molecular weight is 283 g/mol. The SMILES string of the molecule is CCc1nn(Cc2ccc(F)cc2)c(Cl)c1C(=O)O. The van der Waals surface area contributed by atoms with Crippen molar-refractivity contribution >= 4 is 17.6 Å². The van der Waals surface area contributed by atoms with E-state index >= 15 is 0 Å². The first-order chi connectivity index (χ1) is 9.02. The number of rotatable bonds is 4. The lowest BCUT2D eigenvalue weighted by atomic mass is 10.2. The first-order valence-electron chi connectivity index (χ1n) is 5.75. The monoisotopic (exact) mass is 282 g/mol. The number of carbonyl (C=O) groups is 1. The summed E-state index contributed by atoms with van der Waals surface area (Å²) in [5.41, 5.74) is 1.27. The van der Waals surface area contributed by atoms with E-state index in [1.165, 1.54) is 16.8 Å². The number of hydrogen-bond acceptors (Lipinski definition) is 2. The molecule has 4 nitrogen and oxygen atoms in total. The molecule has 0 aliphatic heterocycles. The quantitative estimate of drug-likeness (QED) is 0.938. The van der Waals surface area contributed by atoms with Crippen molar-refractivity contribution in [1.82, 2.24) is 9.78 Å². The summed E-state index contributed by atoms with van der Waals surface area (Å²) in [6.45, 7) is 2.12. The fraction of sp³-hybridized carbons (Fsp3) is 0.231. The van der Waals surface area contributed by atoms with Crippen molar-refractivity contribution in [3.8, 4) is 0 Å². The highest BCUT2D eigenvalue weighted by atomic mass is 35.5. The van der Waals surface area contributed by atoms with E-state index in [-0.39, 0.29) is 16.5 Å². The second-order valence-corrected chi connectivity index (χ2v) is 4.41. The van der Waals surface area contributed by atoms with Gasteiger partial charge in [-0.1, -0.05) is 30.7 Å². The fourth-order valence-corrected chi connectivity index (χ4v) is 2.10. The summed E-state index contributed by atoms with van der Waals surface area (Å²) >= 11 is 6.03. The Hall–Kier alpha value is -1.88. The van der Waals surface area contributed by atoms with Crippen LogP contribution in [0.3, 0.4) is 0 Å². The van der Waals surface area contributed by atoms with Gasteiger partial charge in [0.05, 0.1) is 12.2 Å². The zero-order valence-electron chi connectivity index (χ0n) is 10.2. The van der Waals surface area contributed by atoms with Crippen molar-refractivity contribution in [3.05, 3.63) is 52.1 Å². The maximum Gasteiger partial charge on any atom is 0.340 e. The van der Waals surface area contributed by atoms with Crippen LogP contribution in [0.25, 0.3) is 0 Å². The van der Waals surface area contributed by atoms with Crippen LogP contribution in [0.2, 0.25) is 5.15 Å². The molecule has 0 unspecified atom stereocenters. The third-order valence-corrected chi connectivity index (χ3v) is 3.14. The number of carboxylic acids is 1. The van der Waals surface area contributed by atoms with E-state index in [1.54, 1.807) is 12.1 Å².